The molecule has 0 unspecified atom stereocenters. The fourth-order valence-electron chi connectivity index (χ4n) is 2.04. The summed E-state index contributed by atoms with van der Waals surface area (Å²) in [4.78, 5) is 3.55. The number of hydrogen-bond acceptors (Lipinski definition) is 2. The molecule has 126 valence electrons. The van der Waals surface area contributed by atoms with Gasteiger partial charge < -0.3 is 0 Å². The van der Waals surface area contributed by atoms with Gasteiger partial charge in [-0.15, -0.1) is 0 Å². The number of halogens is 6. The summed E-state index contributed by atoms with van der Waals surface area (Å²) >= 11 is 0. The standard InChI is InChI=1S/C14H13F6N3/c1-12(2,3)9-7-23(22-10(9)14(18,19)20)11-8(13(15,16)17)5-4-6-21-11/h4-7H,1-3H3. The van der Waals surface area contributed by atoms with Crippen molar-refractivity contribution in [1.82, 2.24) is 14.8 Å². The van der Waals surface area contributed by atoms with Crippen LogP contribution in [-0.2, 0) is 17.8 Å². The van der Waals surface area contributed by atoms with E-state index in [1.54, 1.807) is 0 Å². The molecule has 0 fully saturated rings. The highest BCUT2D eigenvalue weighted by molar-refractivity contribution is 5.38. The molecule has 23 heavy (non-hydrogen) atoms. The molecule has 0 aliphatic heterocycles. The van der Waals surface area contributed by atoms with E-state index >= 15 is 0 Å². The van der Waals surface area contributed by atoms with Crippen molar-refractivity contribution in [2.75, 3.05) is 0 Å². The smallest absolute Gasteiger partial charge is 0.237 e. The Kier molecular flexibility index (Phi) is 3.94. The maximum atomic E-state index is 13.1. The minimum Gasteiger partial charge on any atom is -0.237 e. The Balaban J connectivity index is 2.71. The molecule has 2 rings (SSSR count). The highest BCUT2D eigenvalue weighted by atomic mass is 19.4. The molecule has 0 saturated carbocycles. The van der Waals surface area contributed by atoms with E-state index in [-0.39, 0.29) is 5.56 Å². The number of nitrogens with zero attached hydrogens (tertiary/aromatic N) is 3. The first-order chi connectivity index (χ1) is 10.3. The molecule has 0 aromatic carbocycles. The Morgan fingerprint density at radius 1 is 0.913 bits per heavy atom. The summed E-state index contributed by atoms with van der Waals surface area (Å²) < 4.78 is 78.9. The van der Waals surface area contributed by atoms with E-state index < -0.39 is 34.8 Å². The summed E-state index contributed by atoms with van der Waals surface area (Å²) in [5.41, 5.74) is -3.53. The lowest BCUT2D eigenvalue weighted by atomic mass is 9.87. The number of aromatic nitrogens is 3. The van der Waals surface area contributed by atoms with E-state index in [4.69, 9.17) is 0 Å². The van der Waals surface area contributed by atoms with E-state index in [1.807, 2.05) is 0 Å². The van der Waals surface area contributed by atoms with Gasteiger partial charge in [-0.05, 0) is 17.5 Å². The predicted octanol–water partition coefficient (Wildman–Crippen LogP) is 4.60. The lowest BCUT2D eigenvalue weighted by Crippen LogP contribution is -2.18. The Bertz CT molecular complexity index is 675. The maximum absolute atomic E-state index is 13.1. The SMILES string of the molecule is CC(C)(C)c1cn(-c2ncccc2C(F)(F)F)nc1C(F)(F)F. The van der Waals surface area contributed by atoms with Crippen molar-refractivity contribution in [2.45, 2.75) is 38.5 Å². The van der Waals surface area contributed by atoms with Crippen LogP contribution in [0.15, 0.2) is 24.5 Å². The quantitative estimate of drug-likeness (QED) is 0.712. The molecule has 0 aliphatic carbocycles. The van der Waals surface area contributed by atoms with E-state index in [0.717, 1.165) is 24.5 Å². The van der Waals surface area contributed by atoms with Crippen molar-refractivity contribution >= 4 is 0 Å². The minimum absolute atomic E-state index is 0.205. The zero-order valence-electron chi connectivity index (χ0n) is 12.4. The van der Waals surface area contributed by atoms with Gasteiger partial charge in [0.2, 0.25) is 0 Å². The van der Waals surface area contributed by atoms with Crippen LogP contribution in [0.25, 0.3) is 5.82 Å². The second-order valence-electron chi connectivity index (χ2n) is 5.96. The number of hydrogen-bond donors (Lipinski definition) is 0. The number of alkyl halides is 6. The summed E-state index contributed by atoms with van der Waals surface area (Å²) in [6.45, 7) is 4.56. The van der Waals surface area contributed by atoms with Crippen LogP contribution in [0.1, 0.15) is 37.6 Å². The topological polar surface area (TPSA) is 30.7 Å². The van der Waals surface area contributed by atoms with Crippen LogP contribution in [0, 0.1) is 0 Å². The van der Waals surface area contributed by atoms with Crippen LogP contribution in [0.4, 0.5) is 26.3 Å². The monoisotopic (exact) mass is 337 g/mol. The van der Waals surface area contributed by atoms with E-state index in [9.17, 15) is 26.3 Å². The van der Waals surface area contributed by atoms with Gasteiger partial charge in [0.25, 0.3) is 0 Å². The summed E-state index contributed by atoms with van der Waals surface area (Å²) in [5, 5.41) is 3.32. The predicted molar refractivity (Wildman–Crippen MR) is 70.1 cm³/mol. The minimum atomic E-state index is -4.78. The molecule has 9 heteroatoms. The van der Waals surface area contributed by atoms with E-state index in [1.165, 1.54) is 20.8 Å². The average Bonchev–Trinajstić information content (AvgIpc) is 2.82. The first-order valence-electron chi connectivity index (χ1n) is 6.52. The third-order valence-electron chi connectivity index (χ3n) is 3.10. The molecule has 2 aromatic rings. The van der Waals surface area contributed by atoms with Gasteiger partial charge in [0.1, 0.15) is 5.56 Å². The second kappa shape index (κ2) is 5.24. The Labute approximate surface area is 127 Å². The fourth-order valence-corrected chi connectivity index (χ4v) is 2.04. The van der Waals surface area contributed by atoms with Crippen LogP contribution in [0.5, 0.6) is 0 Å². The molecule has 0 spiro atoms. The summed E-state index contributed by atoms with van der Waals surface area (Å²) in [6.07, 6.45) is -7.52. The number of rotatable bonds is 1. The van der Waals surface area contributed by atoms with E-state index in [0.29, 0.717) is 4.68 Å². The molecular weight excluding hydrogens is 324 g/mol. The lowest BCUT2D eigenvalue weighted by molar-refractivity contribution is -0.142. The third-order valence-corrected chi connectivity index (χ3v) is 3.10. The Morgan fingerprint density at radius 2 is 1.52 bits per heavy atom. The normalized spacial score (nSPS) is 13.4. The molecule has 3 nitrogen and oxygen atoms in total. The molecule has 0 aliphatic rings. The van der Waals surface area contributed by atoms with Crippen LogP contribution >= 0.6 is 0 Å². The van der Waals surface area contributed by atoms with E-state index in [2.05, 4.69) is 10.1 Å². The number of pyridine rings is 1. The Hall–Kier alpha value is -2.06. The molecular formula is C14H13F6N3. The average molecular weight is 337 g/mol. The largest absolute Gasteiger partial charge is 0.435 e. The van der Waals surface area contributed by atoms with Gasteiger partial charge in [-0.25, -0.2) is 9.67 Å². The van der Waals surface area contributed by atoms with Crippen molar-refractivity contribution in [3.05, 3.63) is 41.3 Å². The summed E-state index contributed by atoms with van der Waals surface area (Å²) in [6, 6.07) is 1.80. The van der Waals surface area contributed by atoms with Crippen molar-refractivity contribution < 1.29 is 26.3 Å². The first kappa shape index (κ1) is 17.3. The molecule has 0 radical (unpaired) electrons. The Morgan fingerprint density at radius 3 is 1.96 bits per heavy atom. The highest BCUT2D eigenvalue weighted by Crippen LogP contribution is 2.38. The molecule has 0 amide bonds. The lowest BCUT2D eigenvalue weighted by Gasteiger charge is -2.18. The molecule has 0 bridgehead atoms. The van der Waals surface area contributed by atoms with Crippen molar-refractivity contribution in [3.63, 3.8) is 0 Å². The van der Waals surface area contributed by atoms with Crippen molar-refractivity contribution in [1.29, 1.82) is 0 Å². The van der Waals surface area contributed by atoms with Gasteiger partial charge in [0.05, 0.1) is 0 Å². The second-order valence-corrected chi connectivity index (χ2v) is 5.96. The van der Waals surface area contributed by atoms with Crippen LogP contribution in [0.3, 0.4) is 0 Å². The van der Waals surface area contributed by atoms with Crippen LogP contribution < -0.4 is 0 Å². The molecule has 0 N–H and O–H groups in total. The van der Waals surface area contributed by atoms with Gasteiger partial charge in [-0.3, -0.25) is 0 Å². The van der Waals surface area contributed by atoms with Crippen LogP contribution in [0.2, 0.25) is 0 Å². The zero-order valence-corrected chi connectivity index (χ0v) is 12.4. The highest BCUT2D eigenvalue weighted by Gasteiger charge is 2.41. The zero-order chi connectivity index (χ0) is 17.6. The fraction of sp³-hybridized carbons (Fsp3) is 0.429. The van der Waals surface area contributed by atoms with Gasteiger partial charge in [-0.1, -0.05) is 20.8 Å². The molecule has 2 heterocycles. The van der Waals surface area contributed by atoms with Crippen molar-refractivity contribution in [2.24, 2.45) is 0 Å². The summed E-state index contributed by atoms with van der Waals surface area (Å²) in [5.74, 6) is -0.694. The molecule has 2 aromatic heterocycles. The maximum Gasteiger partial charge on any atom is 0.435 e. The molecule has 0 atom stereocenters. The van der Waals surface area contributed by atoms with Gasteiger partial charge in [-0.2, -0.15) is 31.4 Å². The van der Waals surface area contributed by atoms with Gasteiger partial charge in [0.15, 0.2) is 11.5 Å². The third kappa shape index (κ3) is 3.48. The van der Waals surface area contributed by atoms with Crippen LogP contribution in [-0.4, -0.2) is 14.8 Å². The van der Waals surface area contributed by atoms with Gasteiger partial charge in [0, 0.05) is 18.0 Å². The first-order valence-corrected chi connectivity index (χ1v) is 6.52. The molecule has 0 saturated heterocycles. The van der Waals surface area contributed by atoms with Gasteiger partial charge >= 0.3 is 12.4 Å². The summed E-state index contributed by atoms with van der Waals surface area (Å²) in [7, 11) is 0. The van der Waals surface area contributed by atoms with Crippen molar-refractivity contribution in [3.8, 4) is 5.82 Å².